The summed E-state index contributed by atoms with van der Waals surface area (Å²) in [7, 11) is 0. The summed E-state index contributed by atoms with van der Waals surface area (Å²) in [6.07, 6.45) is 1.23. The number of likely N-dealkylation sites (tertiary alicyclic amines) is 1. The molecule has 1 fully saturated rings. The van der Waals surface area contributed by atoms with Crippen molar-refractivity contribution in [3.63, 3.8) is 0 Å². The summed E-state index contributed by atoms with van der Waals surface area (Å²) in [6, 6.07) is 4.01. The van der Waals surface area contributed by atoms with Gasteiger partial charge in [-0.2, -0.15) is 4.39 Å². The molecule has 0 aliphatic carbocycles. The van der Waals surface area contributed by atoms with Crippen molar-refractivity contribution >= 4 is 11.6 Å². The summed E-state index contributed by atoms with van der Waals surface area (Å²) in [6.45, 7) is 0.688. The molecule has 0 bridgehead atoms. The van der Waals surface area contributed by atoms with E-state index in [9.17, 15) is 19.3 Å². The van der Waals surface area contributed by atoms with Gasteiger partial charge in [-0.15, -0.1) is 0 Å². The van der Waals surface area contributed by atoms with Crippen molar-refractivity contribution in [3.8, 4) is 0 Å². The fraction of sp³-hybridized carbons (Fsp3) is 0.364. The van der Waals surface area contributed by atoms with Gasteiger partial charge in [-0.1, -0.05) is 12.1 Å². The number of carbonyl (C=O) groups excluding carboxylic acids is 1. The first-order valence-electron chi connectivity index (χ1n) is 5.29. The standard InChI is InChI=1S/C11H11FN2O3/c12-11-8(3-1-4-9(11)14(16)17)7-13-6-2-5-10(13)15/h1,3-4H,2,5-7H2. The first-order valence-corrected chi connectivity index (χ1v) is 5.29. The van der Waals surface area contributed by atoms with E-state index >= 15 is 0 Å². The summed E-state index contributed by atoms with van der Waals surface area (Å²) < 4.78 is 13.7. The number of amides is 1. The Labute approximate surface area is 97.0 Å². The van der Waals surface area contributed by atoms with Crippen molar-refractivity contribution in [1.29, 1.82) is 0 Å². The number of nitrogens with zero attached hydrogens (tertiary/aromatic N) is 2. The van der Waals surface area contributed by atoms with Crippen LogP contribution in [0.2, 0.25) is 0 Å². The molecule has 1 aromatic carbocycles. The molecule has 17 heavy (non-hydrogen) atoms. The zero-order valence-corrected chi connectivity index (χ0v) is 9.06. The van der Waals surface area contributed by atoms with Crippen LogP contribution in [0.15, 0.2) is 18.2 Å². The Hall–Kier alpha value is -1.98. The second-order valence-electron chi connectivity index (χ2n) is 3.93. The molecule has 1 saturated heterocycles. The van der Waals surface area contributed by atoms with Gasteiger partial charge < -0.3 is 4.90 Å². The van der Waals surface area contributed by atoms with Crippen LogP contribution in [-0.2, 0) is 11.3 Å². The molecule has 1 aliphatic rings. The fourth-order valence-electron chi connectivity index (χ4n) is 1.91. The summed E-state index contributed by atoms with van der Waals surface area (Å²) in [4.78, 5) is 22.7. The van der Waals surface area contributed by atoms with Gasteiger partial charge in [-0.3, -0.25) is 14.9 Å². The normalized spacial score (nSPS) is 15.4. The van der Waals surface area contributed by atoms with Gasteiger partial charge in [0, 0.05) is 31.1 Å². The van der Waals surface area contributed by atoms with E-state index < -0.39 is 16.4 Å². The minimum absolute atomic E-state index is 0.0316. The Bertz CT molecular complexity index is 476. The Morgan fingerprint density at radius 2 is 2.24 bits per heavy atom. The Morgan fingerprint density at radius 1 is 1.47 bits per heavy atom. The molecule has 1 aliphatic heterocycles. The molecule has 0 unspecified atom stereocenters. The van der Waals surface area contributed by atoms with Crippen LogP contribution in [0.4, 0.5) is 10.1 Å². The van der Waals surface area contributed by atoms with Crippen LogP contribution in [0, 0.1) is 15.9 Å². The Kier molecular flexibility index (Phi) is 3.03. The quantitative estimate of drug-likeness (QED) is 0.596. The molecule has 0 spiro atoms. The highest BCUT2D eigenvalue weighted by molar-refractivity contribution is 5.78. The zero-order chi connectivity index (χ0) is 12.4. The SMILES string of the molecule is O=C1CCCN1Cc1cccc([N+](=O)[O-])c1F. The average Bonchev–Trinajstić information content (AvgIpc) is 2.67. The molecule has 1 aromatic rings. The number of rotatable bonds is 3. The third-order valence-corrected chi connectivity index (χ3v) is 2.79. The van der Waals surface area contributed by atoms with Gasteiger partial charge in [0.25, 0.3) is 0 Å². The molecule has 0 atom stereocenters. The van der Waals surface area contributed by atoms with Gasteiger partial charge in [0.2, 0.25) is 11.7 Å². The van der Waals surface area contributed by atoms with Crippen molar-refractivity contribution in [2.24, 2.45) is 0 Å². The Morgan fingerprint density at radius 3 is 2.82 bits per heavy atom. The average molecular weight is 238 g/mol. The molecular weight excluding hydrogens is 227 g/mol. The molecule has 0 aromatic heterocycles. The first-order chi connectivity index (χ1) is 8.09. The highest BCUT2D eigenvalue weighted by atomic mass is 19.1. The molecule has 1 amide bonds. The van der Waals surface area contributed by atoms with Crippen LogP contribution in [0.25, 0.3) is 0 Å². The van der Waals surface area contributed by atoms with Gasteiger partial charge in [0.15, 0.2) is 0 Å². The van der Waals surface area contributed by atoms with Gasteiger partial charge in [0.1, 0.15) is 0 Å². The monoisotopic (exact) mass is 238 g/mol. The maximum atomic E-state index is 13.7. The van der Waals surface area contributed by atoms with E-state index in [0.717, 1.165) is 12.5 Å². The summed E-state index contributed by atoms with van der Waals surface area (Å²) in [5.41, 5.74) is -0.358. The van der Waals surface area contributed by atoms with Gasteiger partial charge in [-0.05, 0) is 6.42 Å². The van der Waals surface area contributed by atoms with Crippen LogP contribution in [0.1, 0.15) is 18.4 Å². The predicted octanol–water partition coefficient (Wildman–Crippen LogP) is 1.86. The number of hydrogen-bond donors (Lipinski definition) is 0. The lowest BCUT2D eigenvalue weighted by atomic mass is 10.1. The largest absolute Gasteiger partial charge is 0.338 e. The van der Waals surface area contributed by atoms with Crippen LogP contribution < -0.4 is 0 Å². The highest BCUT2D eigenvalue weighted by Gasteiger charge is 2.23. The Balaban J connectivity index is 2.24. The highest BCUT2D eigenvalue weighted by Crippen LogP contribution is 2.23. The summed E-state index contributed by atoms with van der Waals surface area (Å²) >= 11 is 0. The lowest BCUT2D eigenvalue weighted by Gasteiger charge is -2.15. The van der Waals surface area contributed by atoms with E-state index in [1.807, 2.05) is 0 Å². The molecule has 0 saturated carbocycles. The van der Waals surface area contributed by atoms with E-state index in [2.05, 4.69) is 0 Å². The summed E-state index contributed by atoms with van der Waals surface area (Å²) in [5.74, 6) is -0.881. The van der Waals surface area contributed by atoms with Crippen molar-refractivity contribution in [2.45, 2.75) is 19.4 Å². The van der Waals surface area contributed by atoms with E-state index in [4.69, 9.17) is 0 Å². The number of carbonyl (C=O) groups is 1. The van der Waals surface area contributed by atoms with Crippen molar-refractivity contribution in [3.05, 3.63) is 39.7 Å². The second-order valence-corrected chi connectivity index (χ2v) is 3.93. The van der Waals surface area contributed by atoms with Crippen LogP contribution in [-0.4, -0.2) is 22.3 Å². The third kappa shape index (κ3) is 2.25. The smallest absolute Gasteiger partial charge is 0.305 e. The molecule has 0 radical (unpaired) electrons. The van der Waals surface area contributed by atoms with E-state index in [1.54, 1.807) is 0 Å². The number of nitro groups is 1. The minimum Gasteiger partial charge on any atom is -0.338 e. The second kappa shape index (κ2) is 4.48. The molecule has 6 heteroatoms. The van der Waals surface area contributed by atoms with E-state index in [1.165, 1.54) is 17.0 Å². The van der Waals surface area contributed by atoms with Gasteiger partial charge in [0.05, 0.1) is 4.92 Å². The lowest BCUT2D eigenvalue weighted by Crippen LogP contribution is -2.24. The summed E-state index contributed by atoms with van der Waals surface area (Å²) in [5, 5.41) is 10.6. The first kappa shape index (κ1) is 11.5. The number of halogens is 1. The molecule has 0 N–H and O–H groups in total. The topological polar surface area (TPSA) is 63.5 Å². The maximum Gasteiger partial charge on any atom is 0.305 e. The molecule has 1 heterocycles. The molecule has 2 rings (SSSR count). The number of hydrogen-bond acceptors (Lipinski definition) is 3. The molecule has 5 nitrogen and oxygen atoms in total. The van der Waals surface area contributed by atoms with Crippen molar-refractivity contribution in [2.75, 3.05) is 6.54 Å². The molecular formula is C11H11FN2O3. The minimum atomic E-state index is -0.850. The van der Waals surface area contributed by atoms with Gasteiger partial charge in [-0.25, -0.2) is 0 Å². The van der Waals surface area contributed by atoms with Crippen molar-refractivity contribution < 1.29 is 14.1 Å². The van der Waals surface area contributed by atoms with Crippen LogP contribution in [0.5, 0.6) is 0 Å². The lowest BCUT2D eigenvalue weighted by molar-refractivity contribution is -0.387. The number of nitro benzene ring substituents is 1. The van der Waals surface area contributed by atoms with E-state index in [0.29, 0.717) is 13.0 Å². The fourth-order valence-corrected chi connectivity index (χ4v) is 1.91. The van der Waals surface area contributed by atoms with Crippen LogP contribution in [0.3, 0.4) is 0 Å². The van der Waals surface area contributed by atoms with Crippen LogP contribution >= 0.6 is 0 Å². The third-order valence-electron chi connectivity index (χ3n) is 2.79. The maximum absolute atomic E-state index is 13.7. The molecule has 90 valence electrons. The zero-order valence-electron chi connectivity index (χ0n) is 9.06. The van der Waals surface area contributed by atoms with Gasteiger partial charge >= 0.3 is 5.69 Å². The predicted molar refractivity (Wildman–Crippen MR) is 57.7 cm³/mol. The number of benzene rings is 1. The van der Waals surface area contributed by atoms with Crippen molar-refractivity contribution in [1.82, 2.24) is 4.90 Å². The van der Waals surface area contributed by atoms with E-state index in [-0.39, 0.29) is 18.0 Å².